The molecule has 3 rings (SSSR count). The van der Waals surface area contributed by atoms with Gasteiger partial charge in [-0.1, -0.05) is 5.16 Å². The Morgan fingerprint density at radius 1 is 1.27 bits per heavy atom. The number of aromatic nitrogens is 2. The molecule has 0 spiro atoms. The lowest BCUT2D eigenvalue weighted by atomic mass is 10.1. The fourth-order valence-electron chi connectivity index (χ4n) is 2.34. The minimum Gasteiger partial charge on any atom is -0.493 e. The Balaban J connectivity index is 1.84. The summed E-state index contributed by atoms with van der Waals surface area (Å²) in [4.78, 5) is 4.22. The van der Waals surface area contributed by atoms with Crippen LogP contribution in [-0.4, -0.2) is 36.6 Å². The number of hydrogen-bond donors (Lipinski definition) is 1. The van der Waals surface area contributed by atoms with Gasteiger partial charge in [0.1, 0.15) is 6.10 Å². The standard InChI is InChI=1S/C15H19N3O4/c1-19-12-3-2-10(15-17-14(9-16)22-18-15)8-13(12)21-11-4-6-20-7-5-11/h2-3,8,11H,4-7,9,16H2,1H3. The highest BCUT2D eigenvalue weighted by Crippen LogP contribution is 2.33. The van der Waals surface area contributed by atoms with Crippen molar-refractivity contribution in [3.8, 4) is 22.9 Å². The van der Waals surface area contributed by atoms with E-state index in [4.69, 9.17) is 24.5 Å². The molecule has 1 aliphatic rings. The molecule has 1 aromatic heterocycles. The van der Waals surface area contributed by atoms with Crippen molar-refractivity contribution in [3.63, 3.8) is 0 Å². The van der Waals surface area contributed by atoms with Crippen molar-refractivity contribution in [2.75, 3.05) is 20.3 Å². The fraction of sp³-hybridized carbons (Fsp3) is 0.467. The molecule has 1 saturated heterocycles. The molecule has 0 bridgehead atoms. The molecule has 0 radical (unpaired) electrons. The summed E-state index contributed by atoms with van der Waals surface area (Å²) in [5.74, 6) is 2.24. The van der Waals surface area contributed by atoms with Crippen molar-refractivity contribution in [3.05, 3.63) is 24.1 Å². The third-order valence-electron chi connectivity index (χ3n) is 3.53. The van der Waals surface area contributed by atoms with Gasteiger partial charge < -0.3 is 24.5 Å². The van der Waals surface area contributed by atoms with Gasteiger partial charge in [-0.15, -0.1) is 0 Å². The maximum atomic E-state index is 6.06. The lowest BCUT2D eigenvalue weighted by Crippen LogP contribution is -2.26. The second-order valence-electron chi connectivity index (χ2n) is 5.01. The van der Waals surface area contributed by atoms with Gasteiger partial charge in [0.2, 0.25) is 11.7 Å². The van der Waals surface area contributed by atoms with Gasteiger partial charge >= 0.3 is 0 Å². The Kier molecular flexibility index (Phi) is 4.55. The third kappa shape index (κ3) is 3.20. The fourth-order valence-corrected chi connectivity index (χ4v) is 2.34. The van der Waals surface area contributed by atoms with Crippen molar-refractivity contribution < 1.29 is 18.7 Å². The van der Waals surface area contributed by atoms with Gasteiger partial charge in [-0.2, -0.15) is 4.98 Å². The van der Waals surface area contributed by atoms with Crippen molar-refractivity contribution in [1.29, 1.82) is 0 Å². The maximum absolute atomic E-state index is 6.06. The summed E-state index contributed by atoms with van der Waals surface area (Å²) < 4.78 is 21.8. The Morgan fingerprint density at radius 2 is 2.09 bits per heavy atom. The smallest absolute Gasteiger partial charge is 0.240 e. The van der Waals surface area contributed by atoms with Crippen molar-refractivity contribution in [2.45, 2.75) is 25.5 Å². The molecule has 0 saturated carbocycles. The van der Waals surface area contributed by atoms with E-state index in [9.17, 15) is 0 Å². The Hall–Kier alpha value is -2.12. The van der Waals surface area contributed by atoms with Crippen molar-refractivity contribution >= 4 is 0 Å². The molecular weight excluding hydrogens is 286 g/mol. The second kappa shape index (κ2) is 6.76. The molecule has 2 aromatic rings. The molecule has 1 aromatic carbocycles. The summed E-state index contributed by atoms with van der Waals surface area (Å²) in [5, 5.41) is 3.92. The van der Waals surface area contributed by atoms with Crippen LogP contribution in [0.2, 0.25) is 0 Å². The number of ether oxygens (including phenoxy) is 3. The Labute approximate surface area is 128 Å². The highest BCUT2D eigenvalue weighted by molar-refractivity contribution is 5.60. The van der Waals surface area contributed by atoms with E-state index in [1.807, 2.05) is 18.2 Å². The number of methoxy groups -OCH3 is 1. The Bertz CT molecular complexity index is 623. The average Bonchev–Trinajstić information content (AvgIpc) is 3.05. The maximum Gasteiger partial charge on any atom is 0.240 e. The van der Waals surface area contributed by atoms with Gasteiger partial charge in [0, 0.05) is 18.4 Å². The molecule has 7 nitrogen and oxygen atoms in total. The quantitative estimate of drug-likeness (QED) is 0.899. The molecule has 0 aliphatic carbocycles. The first-order chi connectivity index (χ1) is 10.8. The summed E-state index contributed by atoms with van der Waals surface area (Å²) in [5.41, 5.74) is 6.29. The monoisotopic (exact) mass is 305 g/mol. The van der Waals surface area contributed by atoms with E-state index in [1.54, 1.807) is 7.11 Å². The summed E-state index contributed by atoms with van der Waals surface area (Å²) in [6.07, 6.45) is 1.86. The summed E-state index contributed by atoms with van der Waals surface area (Å²) in [6.45, 7) is 1.66. The zero-order chi connectivity index (χ0) is 15.4. The van der Waals surface area contributed by atoms with Crippen LogP contribution in [0.5, 0.6) is 11.5 Å². The largest absolute Gasteiger partial charge is 0.493 e. The van der Waals surface area contributed by atoms with Crippen LogP contribution in [0, 0.1) is 0 Å². The summed E-state index contributed by atoms with van der Waals surface area (Å²) in [7, 11) is 1.62. The van der Waals surface area contributed by atoms with Gasteiger partial charge in [-0.25, -0.2) is 0 Å². The van der Waals surface area contributed by atoms with Crippen LogP contribution >= 0.6 is 0 Å². The molecule has 2 heterocycles. The first kappa shape index (κ1) is 14.8. The number of rotatable bonds is 5. The van der Waals surface area contributed by atoms with Gasteiger partial charge in [0.25, 0.3) is 0 Å². The van der Waals surface area contributed by atoms with Crippen LogP contribution in [0.25, 0.3) is 11.4 Å². The molecule has 22 heavy (non-hydrogen) atoms. The predicted molar refractivity (Wildman–Crippen MR) is 78.6 cm³/mol. The number of nitrogens with zero attached hydrogens (tertiary/aromatic N) is 2. The molecule has 1 aliphatic heterocycles. The zero-order valence-corrected chi connectivity index (χ0v) is 12.4. The SMILES string of the molecule is COc1ccc(-c2noc(CN)n2)cc1OC1CCOCC1. The van der Waals surface area contributed by atoms with Crippen LogP contribution in [0.1, 0.15) is 18.7 Å². The first-order valence-electron chi connectivity index (χ1n) is 7.25. The van der Waals surface area contributed by atoms with Gasteiger partial charge in [0.05, 0.1) is 26.9 Å². The van der Waals surface area contributed by atoms with E-state index in [0.717, 1.165) is 31.6 Å². The van der Waals surface area contributed by atoms with E-state index >= 15 is 0 Å². The first-order valence-corrected chi connectivity index (χ1v) is 7.25. The topological polar surface area (TPSA) is 92.6 Å². The molecule has 1 fully saturated rings. The van der Waals surface area contributed by atoms with Gasteiger partial charge in [-0.3, -0.25) is 0 Å². The van der Waals surface area contributed by atoms with Crippen LogP contribution in [0.15, 0.2) is 22.7 Å². The minimum atomic E-state index is 0.128. The molecule has 7 heteroatoms. The number of hydrogen-bond acceptors (Lipinski definition) is 7. The average molecular weight is 305 g/mol. The lowest BCUT2D eigenvalue weighted by molar-refractivity contribution is 0.0246. The van der Waals surface area contributed by atoms with E-state index in [-0.39, 0.29) is 12.6 Å². The number of benzene rings is 1. The van der Waals surface area contributed by atoms with Gasteiger partial charge in [0.15, 0.2) is 11.5 Å². The highest BCUT2D eigenvalue weighted by atomic mass is 16.5. The summed E-state index contributed by atoms with van der Waals surface area (Å²) >= 11 is 0. The highest BCUT2D eigenvalue weighted by Gasteiger charge is 2.18. The lowest BCUT2D eigenvalue weighted by Gasteiger charge is -2.24. The van der Waals surface area contributed by atoms with E-state index in [1.165, 1.54) is 0 Å². The van der Waals surface area contributed by atoms with Crippen LogP contribution in [-0.2, 0) is 11.3 Å². The van der Waals surface area contributed by atoms with Gasteiger partial charge in [-0.05, 0) is 18.2 Å². The van der Waals surface area contributed by atoms with Crippen LogP contribution in [0.3, 0.4) is 0 Å². The molecular formula is C15H19N3O4. The normalized spacial score (nSPS) is 15.7. The van der Waals surface area contributed by atoms with Crippen LogP contribution < -0.4 is 15.2 Å². The molecule has 0 amide bonds. The molecule has 0 unspecified atom stereocenters. The minimum absolute atomic E-state index is 0.128. The molecule has 118 valence electrons. The number of nitrogens with two attached hydrogens (primary N) is 1. The molecule has 2 N–H and O–H groups in total. The second-order valence-corrected chi connectivity index (χ2v) is 5.01. The van der Waals surface area contributed by atoms with Crippen molar-refractivity contribution in [1.82, 2.24) is 10.1 Å². The zero-order valence-electron chi connectivity index (χ0n) is 12.4. The van der Waals surface area contributed by atoms with E-state index in [2.05, 4.69) is 10.1 Å². The van der Waals surface area contributed by atoms with Crippen LogP contribution in [0.4, 0.5) is 0 Å². The molecule has 0 atom stereocenters. The van der Waals surface area contributed by atoms with E-state index in [0.29, 0.717) is 23.2 Å². The predicted octanol–water partition coefficient (Wildman–Crippen LogP) is 1.76. The third-order valence-corrected chi connectivity index (χ3v) is 3.53. The Morgan fingerprint density at radius 3 is 2.77 bits per heavy atom. The van der Waals surface area contributed by atoms with E-state index < -0.39 is 0 Å². The summed E-state index contributed by atoms with van der Waals surface area (Å²) in [6, 6.07) is 5.56. The van der Waals surface area contributed by atoms with Crippen molar-refractivity contribution in [2.24, 2.45) is 5.73 Å².